The molecule has 33 heavy (non-hydrogen) atoms. The van der Waals surface area contributed by atoms with Crippen LogP contribution in [-0.4, -0.2) is 33.9 Å². The maximum Gasteiger partial charge on any atom is 0.227 e. The van der Waals surface area contributed by atoms with Gasteiger partial charge in [0.05, 0.1) is 16.4 Å². The fourth-order valence-electron chi connectivity index (χ4n) is 4.15. The van der Waals surface area contributed by atoms with E-state index in [0.717, 1.165) is 65.0 Å². The van der Waals surface area contributed by atoms with Crippen molar-refractivity contribution in [1.82, 2.24) is 15.0 Å². The first kappa shape index (κ1) is 21.3. The Balaban J connectivity index is 1.21. The average molecular weight is 456 g/mol. The molecule has 6 nitrogen and oxygen atoms in total. The highest BCUT2D eigenvalue weighted by Crippen LogP contribution is 2.27. The molecule has 0 saturated carbocycles. The number of nitrogens with zero attached hydrogens (tertiary/aromatic N) is 4. The predicted octanol–water partition coefficient (Wildman–Crippen LogP) is 5.43. The normalized spacial score (nSPS) is 14.3. The third kappa shape index (κ3) is 4.93. The number of nitrogens with one attached hydrogen (secondary N) is 1. The van der Waals surface area contributed by atoms with Crippen LogP contribution in [0.1, 0.15) is 17.8 Å². The number of hydrogen-bond donors (Lipinski definition) is 1. The smallest absolute Gasteiger partial charge is 0.227 e. The molecule has 5 rings (SSSR count). The van der Waals surface area contributed by atoms with Crippen molar-refractivity contribution in [2.45, 2.75) is 19.8 Å². The summed E-state index contributed by atoms with van der Waals surface area (Å²) in [7, 11) is 0. The van der Waals surface area contributed by atoms with Crippen molar-refractivity contribution in [3.63, 3.8) is 0 Å². The second-order valence-corrected chi connectivity index (χ2v) is 9.27. The van der Waals surface area contributed by atoms with E-state index >= 15 is 0 Å². The quantitative estimate of drug-likeness (QED) is 0.434. The van der Waals surface area contributed by atoms with Gasteiger partial charge in [0.15, 0.2) is 0 Å². The van der Waals surface area contributed by atoms with Crippen LogP contribution < -0.4 is 10.2 Å². The topological polar surface area (TPSA) is 71.0 Å². The summed E-state index contributed by atoms with van der Waals surface area (Å²) in [5.74, 6) is 0.977. The summed E-state index contributed by atoms with van der Waals surface area (Å²) in [6.07, 6.45) is 3.20. The van der Waals surface area contributed by atoms with Crippen LogP contribution in [0.3, 0.4) is 0 Å². The largest absolute Gasteiger partial charge is 0.356 e. The second kappa shape index (κ2) is 9.50. The summed E-state index contributed by atoms with van der Waals surface area (Å²) in [5.41, 5.74) is 4.77. The first-order valence-corrected chi connectivity index (χ1v) is 12.0. The molecule has 1 fully saturated rings. The number of hydrogen-bond acceptors (Lipinski definition) is 6. The Hall–Kier alpha value is -3.58. The maximum absolute atomic E-state index is 12.9. The molecule has 0 spiro atoms. The minimum atomic E-state index is -0.0122. The van der Waals surface area contributed by atoms with Gasteiger partial charge in [-0.15, -0.1) is 11.3 Å². The van der Waals surface area contributed by atoms with E-state index in [2.05, 4.69) is 25.2 Å². The predicted molar refractivity (Wildman–Crippen MR) is 133 cm³/mol. The van der Waals surface area contributed by atoms with Gasteiger partial charge in [0.2, 0.25) is 5.91 Å². The molecular formula is C26H25N5OS. The number of carbonyl (C=O) groups is 1. The first-order valence-electron chi connectivity index (χ1n) is 11.1. The fourth-order valence-corrected chi connectivity index (χ4v) is 4.78. The third-order valence-corrected chi connectivity index (χ3v) is 6.73. The highest BCUT2D eigenvalue weighted by molar-refractivity contribution is 7.09. The van der Waals surface area contributed by atoms with Crippen molar-refractivity contribution < 1.29 is 4.79 Å². The minimum absolute atomic E-state index is 0.0122. The van der Waals surface area contributed by atoms with Crippen LogP contribution in [0.25, 0.3) is 22.5 Å². The molecule has 1 aliphatic rings. The van der Waals surface area contributed by atoms with Crippen LogP contribution >= 0.6 is 11.3 Å². The molecule has 2 aromatic heterocycles. The van der Waals surface area contributed by atoms with Gasteiger partial charge in [-0.05, 0) is 31.9 Å². The average Bonchev–Trinajstić information content (AvgIpc) is 3.31. The van der Waals surface area contributed by atoms with Gasteiger partial charge in [0.25, 0.3) is 0 Å². The molecule has 3 heterocycles. The Morgan fingerprint density at radius 2 is 1.76 bits per heavy atom. The van der Waals surface area contributed by atoms with Crippen LogP contribution in [0.2, 0.25) is 0 Å². The van der Waals surface area contributed by atoms with Crippen LogP contribution in [0, 0.1) is 12.8 Å². The molecule has 0 aliphatic carbocycles. The molecule has 1 aliphatic heterocycles. The summed E-state index contributed by atoms with van der Waals surface area (Å²) < 4.78 is 0. The van der Waals surface area contributed by atoms with E-state index in [1.54, 1.807) is 17.7 Å². The summed E-state index contributed by atoms with van der Waals surface area (Å²) >= 11 is 1.63. The first-order chi connectivity index (χ1) is 16.2. The molecular weight excluding hydrogens is 430 g/mol. The number of aromatic nitrogens is 3. The Bertz CT molecular complexity index is 1250. The number of aryl methyl sites for hydroxylation is 1. The van der Waals surface area contributed by atoms with Crippen molar-refractivity contribution in [3.8, 4) is 22.5 Å². The van der Waals surface area contributed by atoms with Gasteiger partial charge in [-0.25, -0.2) is 15.0 Å². The van der Waals surface area contributed by atoms with Gasteiger partial charge >= 0.3 is 0 Å². The zero-order valence-electron chi connectivity index (χ0n) is 18.4. The summed E-state index contributed by atoms with van der Waals surface area (Å²) in [6.45, 7) is 3.58. The number of piperidine rings is 1. The lowest BCUT2D eigenvalue weighted by molar-refractivity contribution is -0.120. The highest BCUT2D eigenvalue weighted by atomic mass is 32.1. The molecule has 1 saturated heterocycles. The maximum atomic E-state index is 12.9. The van der Waals surface area contributed by atoms with Gasteiger partial charge in [-0.3, -0.25) is 4.79 Å². The number of amides is 1. The lowest BCUT2D eigenvalue weighted by Gasteiger charge is -2.32. The standard InChI is InChI=1S/C26H25N5OS/c1-18-29-24(16-33-18)21-8-5-9-22(14-21)30-26(32)20-10-12-31(13-11-20)25-15-23(27-17-28-25)19-6-3-2-4-7-19/h2-9,14-17,20H,10-13H2,1H3,(H,30,32). The van der Waals surface area contributed by atoms with Crippen LogP contribution in [0.15, 0.2) is 72.4 Å². The molecule has 4 aromatic rings. The number of benzene rings is 2. The number of thiazole rings is 1. The Morgan fingerprint density at radius 3 is 2.52 bits per heavy atom. The van der Waals surface area contributed by atoms with Gasteiger partial charge in [-0.1, -0.05) is 42.5 Å². The summed E-state index contributed by atoms with van der Waals surface area (Å²) in [4.78, 5) is 28.6. The van der Waals surface area contributed by atoms with Gasteiger partial charge < -0.3 is 10.2 Å². The molecule has 0 radical (unpaired) electrons. The zero-order valence-corrected chi connectivity index (χ0v) is 19.3. The molecule has 7 heteroatoms. The van der Waals surface area contributed by atoms with Gasteiger partial charge in [0.1, 0.15) is 12.1 Å². The monoisotopic (exact) mass is 455 g/mol. The lowest BCUT2D eigenvalue weighted by Crippen LogP contribution is -2.38. The molecule has 0 unspecified atom stereocenters. The molecule has 166 valence electrons. The zero-order chi connectivity index (χ0) is 22.6. The number of carbonyl (C=O) groups excluding carboxylic acids is 1. The summed E-state index contributed by atoms with van der Waals surface area (Å²) in [6, 6.07) is 20.0. The highest BCUT2D eigenvalue weighted by Gasteiger charge is 2.26. The third-order valence-electron chi connectivity index (χ3n) is 5.96. The van der Waals surface area contributed by atoms with Crippen LogP contribution in [-0.2, 0) is 4.79 Å². The van der Waals surface area contributed by atoms with Crippen LogP contribution in [0.4, 0.5) is 11.5 Å². The molecule has 2 aromatic carbocycles. The van der Waals surface area contributed by atoms with E-state index < -0.39 is 0 Å². The minimum Gasteiger partial charge on any atom is -0.356 e. The van der Waals surface area contributed by atoms with E-state index in [9.17, 15) is 4.79 Å². The molecule has 0 bridgehead atoms. The summed E-state index contributed by atoms with van der Waals surface area (Å²) in [5, 5.41) is 6.18. The van der Waals surface area contributed by atoms with E-state index in [0.29, 0.717) is 0 Å². The number of rotatable bonds is 5. The van der Waals surface area contributed by atoms with Crippen molar-refractivity contribution in [2.75, 3.05) is 23.3 Å². The SMILES string of the molecule is Cc1nc(-c2cccc(NC(=O)C3CCN(c4cc(-c5ccccc5)ncn4)CC3)c2)cs1. The van der Waals surface area contributed by atoms with E-state index in [1.165, 1.54) is 0 Å². The van der Waals surface area contributed by atoms with E-state index in [4.69, 9.17) is 0 Å². The van der Waals surface area contributed by atoms with Crippen molar-refractivity contribution in [3.05, 3.63) is 77.4 Å². The van der Waals surface area contributed by atoms with E-state index in [-0.39, 0.29) is 11.8 Å². The van der Waals surface area contributed by atoms with E-state index in [1.807, 2.05) is 73.0 Å². The van der Waals surface area contributed by atoms with Gasteiger partial charge in [0, 0.05) is 47.3 Å². The second-order valence-electron chi connectivity index (χ2n) is 8.21. The molecule has 0 atom stereocenters. The Morgan fingerprint density at radius 1 is 0.970 bits per heavy atom. The van der Waals surface area contributed by atoms with Crippen molar-refractivity contribution in [2.24, 2.45) is 5.92 Å². The molecule has 1 N–H and O–H groups in total. The van der Waals surface area contributed by atoms with Crippen LogP contribution in [0.5, 0.6) is 0 Å². The Labute approximate surface area is 197 Å². The van der Waals surface area contributed by atoms with Crippen molar-refractivity contribution in [1.29, 1.82) is 0 Å². The fraction of sp³-hybridized carbons (Fsp3) is 0.231. The van der Waals surface area contributed by atoms with Crippen molar-refractivity contribution >= 4 is 28.7 Å². The van der Waals surface area contributed by atoms with Gasteiger partial charge in [-0.2, -0.15) is 0 Å². The lowest BCUT2D eigenvalue weighted by atomic mass is 9.95. The molecule has 1 amide bonds. The Kier molecular flexibility index (Phi) is 6.13. The number of anilines is 2.